The molecule has 0 atom stereocenters. The number of carbonyl (C=O) groups is 1. The number of nitriles is 1. The number of amides is 1. The van der Waals surface area contributed by atoms with E-state index in [-0.39, 0.29) is 10.6 Å². The van der Waals surface area contributed by atoms with Crippen molar-refractivity contribution in [3.8, 4) is 6.07 Å². The number of primary amides is 1. The smallest absolute Gasteiger partial charge is 0.277 e. The lowest BCUT2D eigenvalue weighted by Crippen LogP contribution is -2.09. The molecule has 0 bridgehead atoms. The molecule has 1 aromatic carbocycles. The maximum Gasteiger partial charge on any atom is 0.277 e. The maximum absolute atomic E-state index is 13.2. The van der Waals surface area contributed by atoms with Gasteiger partial charge >= 0.3 is 0 Å². The van der Waals surface area contributed by atoms with Crippen LogP contribution in [0.1, 0.15) is 15.4 Å². The molecule has 0 unspecified atom stereocenters. The van der Waals surface area contributed by atoms with Crippen LogP contribution in [-0.4, -0.2) is 10.9 Å². The second kappa shape index (κ2) is 3.29. The first-order chi connectivity index (χ1) is 7.11. The minimum absolute atomic E-state index is 0.0937. The molecule has 6 heteroatoms. The predicted octanol–water partition coefficient (Wildman–Crippen LogP) is 1.41. The van der Waals surface area contributed by atoms with Crippen LogP contribution >= 0.6 is 11.3 Å². The van der Waals surface area contributed by atoms with Gasteiger partial charge in [-0.05, 0) is 12.1 Å². The summed E-state index contributed by atoms with van der Waals surface area (Å²) in [4.78, 5) is 14.7. The van der Waals surface area contributed by atoms with Gasteiger partial charge in [-0.1, -0.05) is 0 Å². The zero-order chi connectivity index (χ0) is 11.0. The number of carbonyl (C=O) groups excluding carboxylic acids is 1. The highest BCUT2D eigenvalue weighted by molar-refractivity contribution is 7.20. The van der Waals surface area contributed by atoms with E-state index in [1.807, 2.05) is 0 Å². The van der Waals surface area contributed by atoms with E-state index in [1.165, 1.54) is 12.1 Å². The first-order valence-corrected chi connectivity index (χ1v) is 4.73. The summed E-state index contributed by atoms with van der Waals surface area (Å²) >= 11 is 1.00. The minimum Gasteiger partial charge on any atom is -0.364 e. The fourth-order valence-corrected chi connectivity index (χ4v) is 1.96. The topological polar surface area (TPSA) is 79.8 Å². The number of thiazole rings is 1. The Morgan fingerprint density at radius 2 is 2.33 bits per heavy atom. The Bertz CT molecular complexity index is 599. The summed E-state index contributed by atoms with van der Waals surface area (Å²) in [7, 11) is 0. The van der Waals surface area contributed by atoms with Crippen LogP contribution in [0.3, 0.4) is 0 Å². The molecule has 2 N–H and O–H groups in total. The maximum atomic E-state index is 13.2. The standard InChI is InChI=1S/C9H4FN3OS/c10-5-2-7-6(1-4(5)3-11)13-9(15-7)8(12)14/h1-2H,(H2,12,14). The van der Waals surface area contributed by atoms with Crippen molar-refractivity contribution >= 4 is 27.5 Å². The number of benzene rings is 1. The van der Waals surface area contributed by atoms with Gasteiger partial charge in [-0.15, -0.1) is 11.3 Å². The first-order valence-electron chi connectivity index (χ1n) is 3.92. The number of hydrogen-bond acceptors (Lipinski definition) is 4. The molecule has 0 aliphatic rings. The second-order valence-corrected chi connectivity index (χ2v) is 3.83. The zero-order valence-corrected chi connectivity index (χ0v) is 8.14. The minimum atomic E-state index is -0.657. The lowest BCUT2D eigenvalue weighted by Gasteiger charge is -1.91. The van der Waals surface area contributed by atoms with Gasteiger partial charge in [0.05, 0.1) is 15.8 Å². The van der Waals surface area contributed by atoms with Crippen molar-refractivity contribution in [2.45, 2.75) is 0 Å². The van der Waals surface area contributed by atoms with E-state index in [0.29, 0.717) is 10.2 Å². The van der Waals surface area contributed by atoms with Crippen LogP contribution < -0.4 is 5.73 Å². The van der Waals surface area contributed by atoms with E-state index in [4.69, 9.17) is 11.0 Å². The molecule has 74 valence electrons. The van der Waals surface area contributed by atoms with Crippen LogP contribution in [0.5, 0.6) is 0 Å². The van der Waals surface area contributed by atoms with Crippen LogP contribution in [0.4, 0.5) is 4.39 Å². The Morgan fingerprint density at radius 1 is 1.60 bits per heavy atom. The van der Waals surface area contributed by atoms with Gasteiger partial charge < -0.3 is 5.73 Å². The second-order valence-electron chi connectivity index (χ2n) is 2.79. The highest BCUT2D eigenvalue weighted by Crippen LogP contribution is 2.24. The molecule has 0 saturated heterocycles. The highest BCUT2D eigenvalue weighted by Gasteiger charge is 2.11. The number of halogens is 1. The highest BCUT2D eigenvalue weighted by atomic mass is 32.1. The van der Waals surface area contributed by atoms with Crippen LogP contribution in [-0.2, 0) is 0 Å². The monoisotopic (exact) mass is 221 g/mol. The Hall–Kier alpha value is -2.00. The van der Waals surface area contributed by atoms with Gasteiger partial charge in [0.2, 0.25) is 0 Å². The third-order valence-corrected chi connectivity index (χ3v) is 2.84. The lowest BCUT2D eigenvalue weighted by atomic mass is 10.2. The van der Waals surface area contributed by atoms with E-state index in [1.54, 1.807) is 6.07 Å². The molecule has 0 radical (unpaired) electrons. The predicted molar refractivity (Wildman–Crippen MR) is 52.8 cm³/mol. The van der Waals surface area contributed by atoms with Crippen molar-refractivity contribution in [1.82, 2.24) is 4.98 Å². The first kappa shape index (κ1) is 9.55. The molecule has 1 amide bonds. The third kappa shape index (κ3) is 1.53. The molecule has 15 heavy (non-hydrogen) atoms. The van der Waals surface area contributed by atoms with Crippen molar-refractivity contribution in [3.63, 3.8) is 0 Å². The van der Waals surface area contributed by atoms with Crippen LogP contribution in [0.2, 0.25) is 0 Å². The average Bonchev–Trinajstić information content (AvgIpc) is 2.59. The quantitative estimate of drug-likeness (QED) is 0.790. The molecule has 4 nitrogen and oxygen atoms in total. The van der Waals surface area contributed by atoms with Crippen molar-refractivity contribution in [1.29, 1.82) is 5.26 Å². The molecule has 0 spiro atoms. The van der Waals surface area contributed by atoms with Crippen molar-refractivity contribution in [3.05, 3.63) is 28.5 Å². The molecule has 1 aromatic heterocycles. The number of fused-ring (bicyclic) bond motifs is 1. The Balaban J connectivity index is 2.73. The van der Waals surface area contributed by atoms with E-state index in [9.17, 15) is 9.18 Å². The third-order valence-electron chi connectivity index (χ3n) is 1.81. The number of nitrogens with zero attached hydrogens (tertiary/aromatic N) is 2. The van der Waals surface area contributed by atoms with Crippen molar-refractivity contribution in [2.75, 3.05) is 0 Å². The molecule has 0 fully saturated rings. The Labute approximate surface area is 87.8 Å². The van der Waals surface area contributed by atoms with Crippen molar-refractivity contribution in [2.24, 2.45) is 5.73 Å². The van der Waals surface area contributed by atoms with Crippen LogP contribution in [0, 0.1) is 17.1 Å². The van der Waals surface area contributed by atoms with E-state index >= 15 is 0 Å². The Morgan fingerprint density at radius 3 is 2.93 bits per heavy atom. The summed E-state index contributed by atoms with van der Waals surface area (Å²) in [5.41, 5.74) is 5.35. The largest absolute Gasteiger partial charge is 0.364 e. The van der Waals surface area contributed by atoms with E-state index in [0.717, 1.165) is 11.3 Å². The summed E-state index contributed by atoms with van der Waals surface area (Å²) in [6.45, 7) is 0. The number of aromatic nitrogens is 1. The Kier molecular flexibility index (Phi) is 2.10. The average molecular weight is 221 g/mol. The summed E-state index contributed by atoms with van der Waals surface area (Å²) in [5, 5.41) is 8.70. The van der Waals surface area contributed by atoms with Gasteiger partial charge in [0, 0.05) is 0 Å². The van der Waals surface area contributed by atoms with Crippen molar-refractivity contribution < 1.29 is 9.18 Å². The summed E-state index contributed by atoms with van der Waals surface area (Å²) in [6.07, 6.45) is 0. The van der Waals surface area contributed by atoms with Crippen LogP contribution in [0.15, 0.2) is 12.1 Å². The molecule has 0 aliphatic carbocycles. The van der Waals surface area contributed by atoms with Gasteiger partial charge in [-0.3, -0.25) is 4.79 Å². The molecular formula is C9H4FN3OS. The lowest BCUT2D eigenvalue weighted by molar-refractivity contribution is 0.1000. The number of hydrogen-bond donors (Lipinski definition) is 1. The zero-order valence-electron chi connectivity index (χ0n) is 7.32. The van der Waals surface area contributed by atoms with Gasteiger partial charge in [0.15, 0.2) is 5.01 Å². The summed E-state index contributed by atoms with van der Waals surface area (Å²) in [6, 6.07) is 4.18. The van der Waals surface area contributed by atoms with Crippen LogP contribution in [0.25, 0.3) is 10.2 Å². The molecule has 1 heterocycles. The van der Waals surface area contributed by atoms with Gasteiger partial charge in [0.1, 0.15) is 11.9 Å². The SMILES string of the molecule is N#Cc1cc2nc(C(N)=O)sc2cc1F. The fourth-order valence-electron chi connectivity index (χ4n) is 1.14. The normalized spacial score (nSPS) is 10.1. The summed E-state index contributed by atoms with van der Waals surface area (Å²) < 4.78 is 13.7. The summed E-state index contributed by atoms with van der Waals surface area (Å²) in [5.74, 6) is -1.28. The molecule has 2 aromatic rings. The molecular weight excluding hydrogens is 217 g/mol. The van der Waals surface area contributed by atoms with Gasteiger partial charge in [-0.2, -0.15) is 5.26 Å². The van der Waals surface area contributed by atoms with E-state index < -0.39 is 11.7 Å². The van der Waals surface area contributed by atoms with Gasteiger partial charge in [-0.25, -0.2) is 9.37 Å². The molecule has 0 aliphatic heterocycles. The van der Waals surface area contributed by atoms with E-state index in [2.05, 4.69) is 4.98 Å². The molecule has 2 rings (SSSR count). The molecule has 0 saturated carbocycles. The van der Waals surface area contributed by atoms with Gasteiger partial charge in [0.25, 0.3) is 5.91 Å². The fraction of sp³-hybridized carbons (Fsp3) is 0. The number of nitrogens with two attached hydrogens (primary N) is 1. The number of rotatable bonds is 1.